The molecule has 9 heteroatoms. The maximum atomic E-state index is 13.2. The van der Waals surface area contributed by atoms with Gasteiger partial charge in [0.1, 0.15) is 17.1 Å². The van der Waals surface area contributed by atoms with E-state index in [0.717, 1.165) is 64.5 Å². The lowest BCUT2D eigenvalue weighted by molar-refractivity contribution is 0.0383. The van der Waals surface area contributed by atoms with Crippen LogP contribution in [0.2, 0.25) is 0 Å². The number of carbonyl (C=O) groups is 2. The Hall–Kier alpha value is -3.30. The molecule has 2 aromatic rings. The van der Waals surface area contributed by atoms with E-state index >= 15 is 0 Å². The number of ether oxygens (including phenoxy) is 3. The molecule has 0 aliphatic carbocycles. The van der Waals surface area contributed by atoms with Gasteiger partial charge in [0.15, 0.2) is 0 Å². The van der Waals surface area contributed by atoms with Gasteiger partial charge in [0.05, 0.1) is 33.0 Å². The van der Waals surface area contributed by atoms with Crippen molar-refractivity contribution in [1.29, 1.82) is 0 Å². The van der Waals surface area contributed by atoms with Crippen LogP contribution in [0.5, 0.6) is 11.5 Å². The first-order valence-electron chi connectivity index (χ1n) is 12.1. The first-order valence-corrected chi connectivity index (χ1v) is 12.1. The zero-order valence-electron chi connectivity index (χ0n) is 20.5. The van der Waals surface area contributed by atoms with Gasteiger partial charge in [0.2, 0.25) is 0 Å². The van der Waals surface area contributed by atoms with Crippen LogP contribution in [-0.2, 0) is 4.74 Å². The number of nitrogens with zero attached hydrogens (tertiary/aromatic N) is 2. The zero-order valence-corrected chi connectivity index (χ0v) is 20.5. The van der Waals surface area contributed by atoms with Crippen LogP contribution in [0.4, 0.5) is 11.4 Å². The van der Waals surface area contributed by atoms with Gasteiger partial charge in [0, 0.05) is 50.6 Å². The average molecular weight is 483 g/mol. The van der Waals surface area contributed by atoms with Crippen LogP contribution in [0, 0.1) is 0 Å². The number of anilines is 2. The normalized spacial score (nSPS) is 16.1. The standard InChI is InChI=1S/C26H34N4O5/c1-33-22-6-5-7-23(34-2)24(22)26(32)28-19-8-9-21(30-11-3-4-12-30)20(18-19)25(31)27-10-13-29-14-16-35-17-15-29/h5-9,18H,3-4,10-17H2,1-2H3,(H,27,31)(H,28,32). The Kier molecular flexibility index (Phi) is 8.44. The van der Waals surface area contributed by atoms with Gasteiger partial charge in [-0.15, -0.1) is 0 Å². The fourth-order valence-corrected chi connectivity index (χ4v) is 4.55. The molecule has 35 heavy (non-hydrogen) atoms. The second-order valence-corrected chi connectivity index (χ2v) is 8.63. The Bertz CT molecular complexity index is 1010. The second kappa shape index (κ2) is 11.9. The van der Waals surface area contributed by atoms with Gasteiger partial charge >= 0.3 is 0 Å². The molecule has 2 fully saturated rings. The van der Waals surface area contributed by atoms with Crippen molar-refractivity contribution >= 4 is 23.2 Å². The van der Waals surface area contributed by atoms with E-state index < -0.39 is 0 Å². The van der Waals surface area contributed by atoms with Crippen LogP contribution in [0.25, 0.3) is 0 Å². The molecule has 0 saturated carbocycles. The van der Waals surface area contributed by atoms with Gasteiger partial charge in [-0.25, -0.2) is 0 Å². The predicted octanol–water partition coefficient (Wildman–Crippen LogP) is 2.62. The summed E-state index contributed by atoms with van der Waals surface area (Å²) in [4.78, 5) is 30.9. The molecule has 2 aliphatic heterocycles. The minimum absolute atomic E-state index is 0.147. The molecule has 0 spiro atoms. The first-order chi connectivity index (χ1) is 17.1. The summed E-state index contributed by atoms with van der Waals surface area (Å²) >= 11 is 0. The Morgan fingerprint density at radius 1 is 0.943 bits per heavy atom. The van der Waals surface area contributed by atoms with E-state index in [4.69, 9.17) is 14.2 Å². The van der Waals surface area contributed by atoms with Gasteiger partial charge in [-0.05, 0) is 43.2 Å². The number of methoxy groups -OCH3 is 2. The number of benzene rings is 2. The van der Waals surface area contributed by atoms with Crippen molar-refractivity contribution in [2.24, 2.45) is 0 Å². The molecule has 2 amide bonds. The van der Waals surface area contributed by atoms with Crippen LogP contribution in [-0.4, -0.2) is 83.4 Å². The molecule has 0 unspecified atom stereocenters. The van der Waals surface area contributed by atoms with Crippen LogP contribution in [0.15, 0.2) is 36.4 Å². The maximum absolute atomic E-state index is 13.2. The molecule has 4 rings (SSSR count). The van der Waals surface area contributed by atoms with Crippen LogP contribution >= 0.6 is 0 Å². The van der Waals surface area contributed by atoms with Crippen molar-refractivity contribution in [3.8, 4) is 11.5 Å². The highest BCUT2D eigenvalue weighted by Crippen LogP contribution is 2.31. The van der Waals surface area contributed by atoms with Crippen LogP contribution in [0.3, 0.4) is 0 Å². The highest BCUT2D eigenvalue weighted by molar-refractivity contribution is 6.09. The minimum Gasteiger partial charge on any atom is -0.496 e. The van der Waals surface area contributed by atoms with Crippen LogP contribution in [0.1, 0.15) is 33.6 Å². The van der Waals surface area contributed by atoms with E-state index in [1.54, 1.807) is 24.3 Å². The number of hydrogen-bond acceptors (Lipinski definition) is 7. The Morgan fingerprint density at radius 2 is 1.63 bits per heavy atom. The molecule has 0 aromatic heterocycles. The van der Waals surface area contributed by atoms with E-state index in [1.165, 1.54) is 14.2 Å². The Balaban J connectivity index is 1.52. The minimum atomic E-state index is -0.369. The molecular weight excluding hydrogens is 448 g/mol. The highest BCUT2D eigenvalue weighted by Gasteiger charge is 2.23. The summed E-state index contributed by atoms with van der Waals surface area (Å²) in [5.41, 5.74) is 2.28. The molecule has 0 atom stereocenters. The van der Waals surface area contributed by atoms with E-state index in [0.29, 0.717) is 34.9 Å². The van der Waals surface area contributed by atoms with Crippen molar-refractivity contribution in [2.45, 2.75) is 12.8 Å². The first kappa shape index (κ1) is 24.8. The number of morpholine rings is 1. The molecule has 2 saturated heterocycles. The average Bonchev–Trinajstić information content (AvgIpc) is 3.43. The summed E-state index contributed by atoms with van der Waals surface area (Å²) in [5.74, 6) is 0.311. The van der Waals surface area contributed by atoms with Crippen molar-refractivity contribution in [3.05, 3.63) is 47.5 Å². The van der Waals surface area contributed by atoms with Gasteiger partial charge in [-0.2, -0.15) is 0 Å². The van der Waals surface area contributed by atoms with Gasteiger partial charge < -0.3 is 29.7 Å². The lowest BCUT2D eigenvalue weighted by Gasteiger charge is -2.26. The fraction of sp³-hybridized carbons (Fsp3) is 0.462. The molecular formula is C26H34N4O5. The Morgan fingerprint density at radius 3 is 2.29 bits per heavy atom. The number of carbonyl (C=O) groups excluding carboxylic acids is 2. The molecule has 2 aromatic carbocycles. The van der Waals surface area contributed by atoms with Gasteiger partial charge in [0.25, 0.3) is 11.8 Å². The second-order valence-electron chi connectivity index (χ2n) is 8.63. The van der Waals surface area contributed by atoms with Crippen molar-refractivity contribution in [2.75, 3.05) is 76.9 Å². The molecule has 2 heterocycles. The summed E-state index contributed by atoms with van der Waals surface area (Å²) in [5, 5.41) is 5.97. The molecule has 0 bridgehead atoms. The molecule has 2 N–H and O–H groups in total. The summed E-state index contributed by atoms with van der Waals surface area (Å²) in [7, 11) is 3.02. The molecule has 2 aliphatic rings. The summed E-state index contributed by atoms with van der Waals surface area (Å²) in [6, 6.07) is 10.7. The van der Waals surface area contributed by atoms with Gasteiger partial charge in [-0.1, -0.05) is 6.07 Å². The zero-order chi connectivity index (χ0) is 24.6. The monoisotopic (exact) mass is 482 g/mol. The van der Waals surface area contributed by atoms with Crippen LogP contribution < -0.4 is 25.0 Å². The maximum Gasteiger partial charge on any atom is 0.263 e. The number of amides is 2. The predicted molar refractivity (Wildman–Crippen MR) is 135 cm³/mol. The third-order valence-corrected chi connectivity index (χ3v) is 6.42. The van der Waals surface area contributed by atoms with E-state index in [9.17, 15) is 9.59 Å². The third-order valence-electron chi connectivity index (χ3n) is 6.42. The van der Waals surface area contributed by atoms with Crippen molar-refractivity contribution in [1.82, 2.24) is 10.2 Å². The lowest BCUT2D eigenvalue weighted by atomic mass is 10.1. The SMILES string of the molecule is COc1cccc(OC)c1C(=O)Nc1ccc(N2CCCC2)c(C(=O)NCCN2CCOCC2)c1. The fourth-order valence-electron chi connectivity index (χ4n) is 4.55. The number of nitrogens with one attached hydrogen (secondary N) is 2. The molecule has 188 valence electrons. The highest BCUT2D eigenvalue weighted by atomic mass is 16.5. The van der Waals surface area contributed by atoms with Gasteiger partial charge in [-0.3, -0.25) is 14.5 Å². The third kappa shape index (κ3) is 6.04. The van der Waals surface area contributed by atoms with Crippen molar-refractivity contribution in [3.63, 3.8) is 0 Å². The largest absolute Gasteiger partial charge is 0.496 e. The van der Waals surface area contributed by atoms with E-state index in [2.05, 4.69) is 20.4 Å². The molecule has 0 radical (unpaired) electrons. The summed E-state index contributed by atoms with van der Waals surface area (Å²) in [6.45, 7) is 6.37. The quantitative estimate of drug-likeness (QED) is 0.568. The Labute approximate surface area is 206 Å². The summed E-state index contributed by atoms with van der Waals surface area (Å²) in [6.07, 6.45) is 2.20. The number of rotatable bonds is 9. The topological polar surface area (TPSA) is 92.4 Å². The lowest BCUT2D eigenvalue weighted by Crippen LogP contribution is -2.41. The van der Waals surface area contributed by atoms with E-state index in [1.807, 2.05) is 12.1 Å². The smallest absolute Gasteiger partial charge is 0.263 e. The number of hydrogen-bond donors (Lipinski definition) is 2. The van der Waals surface area contributed by atoms with E-state index in [-0.39, 0.29) is 11.8 Å². The van der Waals surface area contributed by atoms with Crippen molar-refractivity contribution < 1.29 is 23.8 Å². The molecule has 9 nitrogen and oxygen atoms in total. The summed E-state index contributed by atoms with van der Waals surface area (Å²) < 4.78 is 16.1.